The fourth-order valence-electron chi connectivity index (χ4n) is 1.61. The number of para-hydroxylation sites is 1. The first kappa shape index (κ1) is 14.4. The molecule has 0 amide bonds. The molecule has 20 heavy (non-hydrogen) atoms. The van der Waals surface area contributed by atoms with Crippen LogP contribution in [0, 0.1) is 11.3 Å². The van der Waals surface area contributed by atoms with Gasteiger partial charge in [0.05, 0.1) is 23.0 Å². The van der Waals surface area contributed by atoms with Crippen LogP contribution in [0.4, 0.5) is 11.4 Å². The highest BCUT2D eigenvalue weighted by Crippen LogP contribution is 2.26. The summed E-state index contributed by atoms with van der Waals surface area (Å²) in [7, 11) is -3.81. The molecule has 0 aliphatic heterocycles. The molecule has 0 saturated carbocycles. The Morgan fingerprint density at radius 3 is 2.50 bits per heavy atom. The lowest BCUT2D eigenvalue weighted by molar-refractivity contribution is 0.601. The van der Waals surface area contributed by atoms with Crippen molar-refractivity contribution in [1.29, 1.82) is 5.26 Å². The Morgan fingerprint density at radius 1 is 1.20 bits per heavy atom. The van der Waals surface area contributed by atoms with Gasteiger partial charge in [0.1, 0.15) is 4.90 Å². The number of nitrogens with one attached hydrogen (secondary N) is 1. The summed E-state index contributed by atoms with van der Waals surface area (Å²) in [5.74, 6) is 0. The molecule has 0 aliphatic carbocycles. The molecule has 102 valence electrons. The van der Waals surface area contributed by atoms with Crippen LogP contribution in [0.15, 0.2) is 51.8 Å². The Labute approximate surface area is 125 Å². The lowest BCUT2D eigenvalue weighted by Crippen LogP contribution is -2.15. The summed E-state index contributed by atoms with van der Waals surface area (Å²) in [6, 6.07) is 12.8. The van der Waals surface area contributed by atoms with Crippen molar-refractivity contribution in [2.24, 2.45) is 0 Å². The summed E-state index contributed by atoms with van der Waals surface area (Å²) in [6.45, 7) is 0. The third kappa shape index (κ3) is 2.92. The van der Waals surface area contributed by atoms with Crippen LogP contribution in [-0.4, -0.2) is 8.42 Å². The molecule has 0 aromatic heterocycles. The van der Waals surface area contributed by atoms with Gasteiger partial charge in [-0.25, -0.2) is 8.42 Å². The Hall–Kier alpha value is -2.04. The summed E-state index contributed by atoms with van der Waals surface area (Å²) in [6.07, 6.45) is 0. The fourth-order valence-corrected chi connectivity index (χ4v) is 3.32. The first-order valence-electron chi connectivity index (χ1n) is 5.51. The number of anilines is 2. The summed E-state index contributed by atoms with van der Waals surface area (Å²) in [5.41, 5.74) is 6.44. The molecular formula is C13H10BrN3O2S. The van der Waals surface area contributed by atoms with Gasteiger partial charge in [0.15, 0.2) is 0 Å². The van der Waals surface area contributed by atoms with E-state index in [1.807, 2.05) is 6.07 Å². The van der Waals surface area contributed by atoms with Crippen molar-refractivity contribution >= 4 is 37.3 Å². The Bertz CT molecular complexity index is 798. The highest BCUT2D eigenvalue weighted by molar-refractivity contribution is 9.10. The van der Waals surface area contributed by atoms with Crippen molar-refractivity contribution in [3.63, 3.8) is 0 Å². The second-order valence-corrected chi connectivity index (χ2v) is 6.45. The van der Waals surface area contributed by atoms with Crippen molar-refractivity contribution in [1.82, 2.24) is 0 Å². The number of nitrogens with two attached hydrogens (primary N) is 1. The van der Waals surface area contributed by atoms with E-state index in [4.69, 9.17) is 11.0 Å². The summed E-state index contributed by atoms with van der Waals surface area (Å²) >= 11 is 3.26. The molecule has 2 rings (SSSR count). The molecular weight excluding hydrogens is 342 g/mol. The van der Waals surface area contributed by atoms with Gasteiger partial charge in [-0.2, -0.15) is 5.26 Å². The molecule has 0 atom stereocenters. The van der Waals surface area contributed by atoms with Gasteiger partial charge in [-0.3, -0.25) is 4.72 Å². The zero-order valence-electron chi connectivity index (χ0n) is 10.2. The quantitative estimate of drug-likeness (QED) is 0.830. The molecule has 0 unspecified atom stereocenters. The van der Waals surface area contributed by atoms with Gasteiger partial charge in [-0.1, -0.05) is 12.1 Å². The van der Waals surface area contributed by atoms with Crippen LogP contribution in [0.1, 0.15) is 5.56 Å². The maximum Gasteiger partial charge on any atom is 0.263 e. The lowest BCUT2D eigenvalue weighted by Gasteiger charge is -2.11. The second kappa shape index (κ2) is 5.53. The van der Waals surface area contributed by atoms with Gasteiger partial charge in [-0.15, -0.1) is 0 Å². The molecule has 7 heteroatoms. The zero-order chi connectivity index (χ0) is 14.8. The predicted molar refractivity (Wildman–Crippen MR) is 80.5 cm³/mol. The van der Waals surface area contributed by atoms with Crippen LogP contribution in [0.3, 0.4) is 0 Å². The number of benzene rings is 2. The molecule has 5 nitrogen and oxygen atoms in total. The van der Waals surface area contributed by atoms with Gasteiger partial charge in [0, 0.05) is 4.47 Å². The van der Waals surface area contributed by atoms with Crippen LogP contribution in [0.2, 0.25) is 0 Å². The number of halogens is 1. The Kier molecular flexibility index (Phi) is 3.97. The fraction of sp³-hybridized carbons (Fsp3) is 0. The smallest absolute Gasteiger partial charge is 0.263 e. The van der Waals surface area contributed by atoms with Crippen LogP contribution < -0.4 is 10.5 Å². The van der Waals surface area contributed by atoms with E-state index < -0.39 is 10.0 Å². The van der Waals surface area contributed by atoms with E-state index in [9.17, 15) is 8.42 Å². The van der Waals surface area contributed by atoms with Crippen molar-refractivity contribution in [2.75, 3.05) is 10.5 Å². The lowest BCUT2D eigenvalue weighted by atomic mass is 10.2. The van der Waals surface area contributed by atoms with Crippen LogP contribution in [0.25, 0.3) is 0 Å². The molecule has 0 bridgehead atoms. The first-order chi connectivity index (χ1) is 9.44. The zero-order valence-corrected chi connectivity index (χ0v) is 12.6. The van der Waals surface area contributed by atoms with Gasteiger partial charge in [-0.05, 0) is 46.3 Å². The highest BCUT2D eigenvalue weighted by Gasteiger charge is 2.18. The molecule has 3 N–H and O–H groups in total. The Morgan fingerprint density at radius 2 is 1.90 bits per heavy atom. The molecule has 0 aliphatic rings. The molecule has 0 spiro atoms. The largest absolute Gasteiger partial charge is 0.398 e. The standard InChI is InChI=1S/C13H10BrN3O2S/c14-10-3-1-2-4-12(10)17-20(18,19)13-6-5-9(8-15)7-11(13)16/h1-7,17H,16H2. The first-order valence-corrected chi connectivity index (χ1v) is 7.78. The van der Waals surface area contributed by atoms with Gasteiger partial charge in [0.2, 0.25) is 0 Å². The van der Waals surface area contributed by atoms with E-state index in [2.05, 4.69) is 20.7 Å². The average molecular weight is 352 g/mol. The number of hydrogen-bond acceptors (Lipinski definition) is 4. The van der Waals surface area contributed by atoms with Crippen molar-refractivity contribution in [3.05, 3.63) is 52.5 Å². The van der Waals surface area contributed by atoms with Crippen LogP contribution in [-0.2, 0) is 10.0 Å². The number of sulfonamides is 1. The molecule has 2 aromatic carbocycles. The van der Waals surface area contributed by atoms with E-state index in [0.717, 1.165) is 0 Å². The van der Waals surface area contributed by atoms with Crippen LogP contribution >= 0.6 is 15.9 Å². The SMILES string of the molecule is N#Cc1ccc(S(=O)(=O)Nc2ccccc2Br)c(N)c1. The van der Waals surface area contributed by atoms with Gasteiger partial charge < -0.3 is 5.73 Å². The predicted octanol–water partition coefficient (Wildman–Crippen LogP) is 2.70. The topological polar surface area (TPSA) is 96.0 Å². The van der Waals surface area contributed by atoms with E-state index in [1.54, 1.807) is 24.3 Å². The Balaban J connectivity index is 2.42. The molecule has 0 heterocycles. The average Bonchev–Trinajstić information content (AvgIpc) is 2.40. The number of nitrogens with zero attached hydrogens (tertiary/aromatic N) is 1. The maximum absolute atomic E-state index is 12.3. The van der Waals surface area contributed by atoms with Crippen LogP contribution in [0.5, 0.6) is 0 Å². The van der Waals surface area contributed by atoms with Gasteiger partial charge in [0.25, 0.3) is 10.0 Å². The minimum atomic E-state index is -3.81. The normalized spacial score (nSPS) is 10.8. The minimum Gasteiger partial charge on any atom is -0.398 e. The van der Waals surface area contributed by atoms with E-state index in [0.29, 0.717) is 15.7 Å². The van der Waals surface area contributed by atoms with E-state index >= 15 is 0 Å². The van der Waals surface area contributed by atoms with Gasteiger partial charge >= 0.3 is 0 Å². The molecule has 0 saturated heterocycles. The number of hydrogen-bond donors (Lipinski definition) is 2. The van der Waals surface area contributed by atoms with Crippen molar-refractivity contribution < 1.29 is 8.42 Å². The highest BCUT2D eigenvalue weighted by atomic mass is 79.9. The number of nitriles is 1. The molecule has 0 radical (unpaired) electrons. The van der Waals surface area contributed by atoms with E-state index in [-0.39, 0.29) is 10.6 Å². The third-order valence-corrected chi connectivity index (χ3v) is 4.68. The summed E-state index contributed by atoms with van der Waals surface area (Å²) in [5, 5.41) is 8.75. The monoisotopic (exact) mass is 351 g/mol. The van der Waals surface area contributed by atoms with E-state index in [1.165, 1.54) is 18.2 Å². The maximum atomic E-state index is 12.3. The molecule has 0 fully saturated rings. The summed E-state index contributed by atoms with van der Waals surface area (Å²) < 4.78 is 27.6. The second-order valence-electron chi connectivity index (χ2n) is 3.95. The molecule has 2 aromatic rings. The van der Waals surface area contributed by atoms with Crippen molar-refractivity contribution in [2.45, 2.75) is 4.90 Å². The summed E-state index contributed by atoms with van der Waals surface area (Å²) in [4.78, 5) is -0.0627. The number of nitrogen functional groups attached to an aromatic ring is 1. The number of rotatable bonds is 3. The third-order valence-electron chi connectivity index (χ3n) is 2.55. The minimum absolute atomic E-state index is 0.0311. The van der Waals surface area contributed by atoms with Crippen molar-refractivity contribution in [3.8, 4) is 6.07 Å².